The molecular weight excluding hydrogens is 380 g/mol. The molecule has 0 amide bonds. The number of nitrogens with zero attached hydrogens (tertiary/aromatic N) is 1. The molecular formula is C13H15ClN2O4S3. The van der Waals surface area contributed by atoms with Crippen LogP contribution in [-0.4, -0.2) is 36.2 Å². The van der Waals surface area contributed by atoms with Gasteiger partial charge in [-0.2, -0.15) is 0 Å². The number of sulfonamides is 2. The fraction of sp³-hybridized carbons (Fsp3) is 0.231. The van der Waals surface area contributed by atoms with Crippen LogP contribution in [0.15, 0.2) is 46.0 Å². The monoisotopic (exact) mass is 394 g/mol. The topological polar surface area (TPSA) is 83.6 Å². The Morgan fingerprint density at radius 2 is 1.78 bits per heavy atom. The summed E-state index contributed by atoms with van der Waals surface area (Å²) in [4.78, 5) is 0. The Balaban J connectivity index is 2.10. The highest BCUT2D eigenvalue weighted by molar-refractivity contribution is 7.92. The number of benzene rings is 1. The van der Waals surface area contributed by atoms with Crippen molar-refractivity contribution in [3.05, 3.63) is 46.8 Å². The lowest BCUT2D eigenvalue weighted by Crippen LogP contribution is -2.38. The molecule has 0 aliphatic carbocycles. The van der Waals surface area contributed by atoms with Gasteiger partial charge in [0.1, 0.15) is 4.21 Å². The Labute approximate surface area is 144 Å². The molecule has 1 aromatic heterocycles. The van der Waals surface area contributed by atoms with Gasteiger partial charge in [0.15, 0.2) is 0 Å². The van der Waals surface area contributed by atoms with Crippen LogP contribution in [0.3, 0.4) is 0 Å². The number of hydrogen-bond acceptors (Lipinski definition) is 5. The van der Waals surface area contributed by atoms with E-state index in [0.717, 1.165) is 21.9 Å². The second kappa shape index (κ2) is 7.18. The summed E-state index contributed by atoms with van der Waals surface area (Å²) in [6.07, 6.45) is 1.06. The highest BCUT2D eigenvalue weighted by atomic mass is 35.5. The standard InChI is InChI=1S/C13H15ClN2O4S3/c1-22(17,18)16(12-6-4-11(14)5-7-12)9-8-15-23(19,20)13-3-2-10-21-13/h2-7,10,15H,8-9H2,1H3. The van der Waals surface area contributed by atoms with Crippen molar-refractivity contribution in [1.29, 1.82) is 0 Å². The van der Waals surface area contributed by atoms with E-state index in [9.17, 15) is 16.8 Å². The van der Waals surface area contributed by atoms with Crippen molar-refractivity contribution in [2.24, 2.45) is 0 Å². The minimum Gasteiger partial charge on any atom is -0.269 e. The third kappa shape index (κ3) is 4.92. The van der Waals surface area contributed by atoms with Crippen LogP contribution in [-0.2, 0) is 20.0 Å². The average Bonchev–Trinajstić information content (AvgIpc) is 2.98. The molecule has 23 heavy (non-hydrogen) atoms. The Morgan fingerprint density at radius 3 is 2.30 bits per heavy atom. The molecule has 6 nitrogen and oxygen atoms in total. The Hall–Kier alpha value is -1.13. The SMILES string of the molecule is CS(=O)(=O)N(CCNS(=O)(=O)c1cccs1)c1ccc(Cl)cc1. The molecule has 0 aliphatic rings. The first-order valence-electron chi connectivity index (χ1n) is 6.46. The summed E-state index contributed by atoms with van der Waals surface area (Å²) < 4.78 is 51.6. The molecule has 0 aliphatic heterocycles. The molecule has 0 radical (unpaired) electrons. The zero-order valence-corrected chi connectivity index (χ0v) is 15.3. The van der Waals surface area contributed by atoms with Crippen molar-refractivity contribution in [1.82, 2.24) is 4.72 Å². The molecule has 1 N–H and O–H groups in total. The fourth-order valence-corrected chi connectivity index (χ4v) is 4.97. The third-order valence-electron chi connectivity index (χ3n) is 2.88. The molecule has 2 rings (SSSR count). The van der Waals surface area contributed by atoms with Crippen molar-refractivity contribution in [2.75, 3.05) is 23.7 Å². The molecule has 10 heteroatoms. The smallest absolute Gasteiger partial charge is 0.250 e. The van der Waals surface area contributed by atoms with Gasteiger partial charge in [0.2, 0.25) is 20.0 Å². The summed E-state index contributed by atoms with van der Waals surface area (Å²) >= 11 is 6.89. The Morgan fingerprint density at radius 1 is 1.13 bits per heavy atom. The summed E-state index contributed by atoms with van der Waals surface area (Å²) in [7, 11) is -7.17. The first-order chi connectivity index (χ1) is 10.7. The number of thiophene rings is 1. The largest absolute Gasteiger partial charge is 0.269 e. The van der Waals surface area contributed by atoms with Crippen molar-refractivity contribution >= 4 is 48.7 Å². The quantitative estimate of drug-likeness (QED) is 0.779. The molecule has 0 fully saturated rings. The predicted molar refractivity (Wildman–Crippen MR) is 93.1 cm³/mol. The van der Waals surface area contributed by atoms with Crippen LogP contribution in [0.1, 0.15) is 0 Å². The number of halogens is 1. The van der Waals surface area contributed by atoms with E-state index in [1.54, 1.807) is 35.7 Å². The Bertz CT molecular complexity index is 847. The summed E-state index contributed by atoms with van der Waals surface area (Å²) in [6.45, 7) is -0.0685. The zero-order valence-electron chi connectivity index (χ0n) is 12.1. The molecule has 0 saturated heterocycles. The van der Waals surface area contributed by atoms with Gasteiger partial charge in [-0.15, -0.1) is 11.3 Å². The van der Waals surface area contributed by atoms with Crippen molar-refractivity contribution in [3.8, 4) is 0 Å². The highest BCUT2D eigenvalue weighted by Gasteiger charge is 2.19. The van der Waals surface area contributed by atoms with Gasteiger partial charge < -0.3 is 0 Å². The molecule has 0 bridgehead atoms. The maximum Gasteiger partial charge on any atom is 0.250 e. The van der Waals surface area contributed by atoms with Crippen LogP contribution in [0.2, 0.25) is 5.02 Å². The number of nitrogens with one attached hydrogen (secondary N) is 1. The van der Waals surface area contributed by atoms with Crippen molar-refractivity contribution in [3.63, 3.8) is 0 Å². The summed E-state index contributed by atoms with van der Waals surface area (Å²) in [6, 6.07) is 9.40. The lowest BCUT2D eigenvalue weighted by atomic mass is 10.3. The molecule has 2 aromatic rings. The molecule has 0 spiro atoms. The van der Waals surface area contributed by atoms with Gasteiger partial charge >= 0.3 is 0 Å². The van der Waals surface area contributed by atoms with E-state index in [-0.39, 0.29) is 17.3 Å². The van der Waals surface area contributed by atoms with E-state index in [1.807, 2.05) is 0 Å². The second-order valence-electron chi connectivity index (χ2n) is 4.64. The summed E-state index contributed by atoms with van der Waals surface area (Å²) in [5, 5.41) is 2.14. The lowest BCUT2D eigenvalue weighted by Gasteiger charge is -2.22. The van der Waals surface area contributed by atoms with Crippen LogP contribution in [0.25, 0.3) is 0 Å². The summed E-state index contributed by atoms with van der Waals surface area (Å²) in [5.74, 6) is 0. The highest BCUT2D eigenvalue weighted by Crippen LogP contribution is 2.20. The van der Waals surface area contributed by atoms with E-state index in [2.05, 4.69) is 4.72 Å². The summed E-state index contributed by atoms with van der Waals surface area (Å²) in [5.41, 5.74) is 0.423. The van der Waals surface area contributed by atoms with Crippen molar-refractivity contribution < 1.29 is 16.8 Å². The molecule has 0 saturated carbocycles. The Kier molecular flexibility index (Phi) is 5.69. The molecule has 126 valence electrons. The fourth-order valence-electron chi connectivity index (χ4n) is 1.86. The lowest BCUT2D eigenvalue weighted by molar-refractivity contribution is 0.580. The average molecular weight is 395 g/mol. The number of hydrogen-bond donors (Lipinski definition) is 1. The van der Waals surface area contributed by atoms with Crippen LogP contribution in [0.5, 0.6) is 0 Å². The van der Waals surface area contributed by atoms with Crippen LogP contribution in [0, 0.1) is 0 Å². The van der Waals surface area contributed by atoms with Gasteiger partial charge in [0.05, 0.1) is 11.9 Å². The molecule has 0 unspecified atom stereocenters. The molecule has 1 aromatic carbocycles. The van der Waals surface area contributed by atoms with Gasteiger partial charge in [-0.1, -0.05) is 17.7 Å². The van der Waals surface area contributed by atoms with Gasteiger partial charge in [-0.05, 0) is 35.7 Å². The third-order valence-corrected chi connectivity index (χ3v) is 7.19. The van der Waals surface area contributed by atoms with Crippen molar-refractivity contribution in [2.45, 2.75) is 4.21 Å². The minimum absolute atomic E-state index is 0.0227. The zero-order chi connectivity index (χ0) is 17.1. The van der Waals surface area contributed by atoms with E-state index in [4.69, 9.17) is 11.6 Å². The van der Waals surface area contributed by atoms with E-state index in [1.165, 1.54) is 6.07 Å². The number of rotatable bonds is 7. The first kappa shape index (κ1) is 18.2. The predicted octanol–water partition coefficient (Wildman–Crippen LogP) is 2.15. The minimum atomic E-state index is -3.62. The maximum atomic E-state index is 12.0. The van der Waals surface area contributed by atoms with Gasteiger partial charge in [-0.25, -0.2) is 21.6 Å². The van der Waals surface area contributed by atoms with Gasteiger partial charge in [0.25, 0.3) is 0 Å². The normalized spacial score (nSPS) is 12.3. The molecule has 1 heterocycles. The second-order valence-corrected chi connectivity index (χ2v) is 9.93. The maximum absolute atomic E-state index is 12.0. The van der Waals surface area contributed by atoms with Crippen LogP contribution >= 0.6 is 22.9 Å². The van der Waals surface area contributed by atoms with Crippen LogP contribution < -0.4 is 9.03 Å². The van der Waals surface area contributed by atoms with Gasteiger partial charge in [-0.3, -0.25) is 4.31 Å². The first-order valence-corrected chi connectivity index (χ1v) is 11.1. The van der Waals surface area contributed by atoms with E-state index >= 15 is 0 Å². The van der Waals surface area contributed by atoms with E-state index < -0.39 is 20.0 Å². The van der Waals surface area contributed by atoms with Crippen LogP contribution in [0.4, 0.5) is 5.69 Å². The van der Waals surface area contributed by atoms with E-state index in [0.29, 0.717) is 10.7 Å². The number of anilines is 1. The molecule has 0 atom stereocenters. The van der Waals surface area contributed by atoms with Gasteiger partial charge in [0, 0.05) is 18.1 Å².